The molecule has 0 N–H and O–H groups in total. The van der Waals surface area contributed by atoms with E-state index < -0.39 is 0 Å². The first-order valence-corrected chi connectivity index (χ1v) is 10.1. The van der Waals surface area contributed by atoms with Crippen molar-refractivity contribution in [2.24, 2.45) is 4.99 Å². The van der Waals surface area contributed by atoms with Crippen LogP contribution in [0.25, 0.3) is 6.08 Å². The van der Waals surface area contributed by atoms with Crippen LogP contribution >= 0.6 is 23.5 Å². The standard InChI is InChI=1S/C20H19NO2S2/c1-3-14-4-6-16(7-5-14)13-23-17-10-8-15(9-11-17)12-18-19(22)21-20(24-2)25-18/h4-12H,3,13H2,1-2H3/b18-12-. The van der Waals surface area contributed by atoms with Crippen LogP contribution in [0.4, 0.5) is 0 Å². The maximum atomic E-state index is 11.8. The van der Waals surface area contributed by atoms with E-state index in [0.717, 1.165) is 27.7 Å². The van der Waals surface area contributed by atoms with Crippen molar-refractivity contribution in [2.45, 2.75) is 20.0 Å². The van der Waals surface area contributed by atoms with Crippen LogP contribution in [0, 0.1) is 0 Å². The zero-order chi connectivity index (χ0) is 17.6. The van der Waals surface area contributed by atoms with Gasteiger partial charge in [-0.15, -0.1) is 11.8 Å². The minimum atomic E-state index is -0.162. The molecule has 3 nitrogen and oxygen atoms in total. The average Bonchev–Trinajstić information content (AvgIpc) is 3.01. The molecule has 0 atom stereocenters. The number of rotatable bonds is 5. The van der Waals surface area contributed by atoms with Crippen molar-refractivity contribution in [3.63, 3.8) is 0 Å². The number of aliphatic imine (C=N–C) groups is 1. The van der Waals surface area contributed by atoms with Crippen LogP contribution in [0.1, 0.15) is 23.6 Å². The van der Waals surface area contributed by atoms with E-state index in [1.165, 1.54) is 29.1 Å². The Morgan fingerprint density at radius 1 is 1.08 bits per heavy atom. The molecule has 2 aromatic carbocycles. The molecule has 0 radical (unpaired) electrons. The van der Waals surface area contributed by atoms with Gasteiger partial charge in [-0.25, -0.2) is 0 Å². The van der Waals surface area contributed by atoms with Gasteiger partial charge in [0.1, 0.15) is 16.7 Å². The number of ether oxygens (including phenoxy) is 1. The summed E-state index contributed by atoms with van der Waals surface area (Å²) in [5, 5.41) is 0. The fraction of sp³-hybridized carbons (Fsp3) is 0.200. The van der Waals surface area contributed by atoms with Gasteiger partial charge in [0.2, 0.25) is 0 Å². The van der Waals surface area contributed by atoms with Gasteiger partial charge in [-0.05, 0) is 47.6 Å². The number of hydrogen-bond acceptors (Lipinski definition) is 4. The second-order valence-corrected chi connectivity index (χ2v) is 7.61. The Morgan fingerprint density at radius 3 is 2.36 bits per heavy atom. The predicted molar refractivity (Wildman–Crippen MR) is 108 cm³/mol. The lowest BCUT2D eigenvalue weighted by Crippen LogP contribution is -1.95. The Morgan fingerprint density at radius 2 is 1.76 bits per heavy atom. The van der Waals surface area contributed by atoms with Gasteiger partial charge in [0.05, 0.1) is 4.91 Å². The first kappa shape index (κ1) is 17.8. The summed E-state index contributed by atoms with van der Waals surface area (Å²) in [5.74, 6) is 0.651. The number of benzene rings is 2. The van der Waals surface area contributed by atoms with Crippen LogP contribution in [0.2, 0.25) is 0 Å². The molecular weight excluding hydrogens is 350 g/mol. The summed E-state index contributed by atoms with van der Waals surface area (Å²) in [6, 6.07) is 16.2. The Bertz CT molecular complexity index is 809. The third kappa shape index (κ3) is 4.77. The Labute approximate surface area is 156 Å². The Kier molecular flexibility index (Phi) is 6.00. The third-order valence-electron chi connectivity index (χ3n) is 3.79. The quantitative estimate of drug-likeness (QED) is 0.682. The second kappa shape index (κ2) is 8.41. The summed E-state index contributed by atoms with van der Waals surface area (Å²) in [6.07, 6.45) is 4.83. The number of hydrogen-bond donors (Lipinski definition) is 0. The van der Waals surface area contributed by atoms with Crippen molar-refractivity contribution in [2.75, 3.05) is 6.26 Å². The summed E-state index contributed by atoms with van der Waals surface area (Å²) in [4.78, 5) is 16.5. The maximum absolute atomic E-state index is 11.8. The fourth-order valence-corrected chi connectivity index (χ4v) is 3.75. The van der Waals surface area contributed by atoms with Crippen LogP contribution in [-0.4, -0.2) is 16.5 Å². The van der Waals surface area contributed by atoms with Crippen molar-refractivity contribution in [1.82, 2.24) is 0 Å². The molecule has 128 valence electrons. The van der Waals surface area contributed by atoms with Crippen LogP contribution in [0.5, 0.6) is 5.75 Å². The highest BCUT2D eigenvalue weighted by Gasteiger charge is 2.20. The van der Waals surface area contributed by atoms with Gasteiger partial charge in [-0.1, -0.05) is 55.1 Å². The van der Waals surface area contributed by atoms with E-state index in [1.54, 1.807) is 0 Å². The van der Waals surface area contributed by atoms with Gasteiger partial charge in [-0.3, -0.25) is 4.79 Å². The number of aryl methyl sites for hydroxylation is 1. The molecule has 0 saturated heterocycles. The molecule has 0 saturated carbocycles. The smallest absolute Gasteiger partial charge is 0.285 e. The van der Waals surface area contributed by atoms with Crippen molar-refractivity contribution in [3.8, 4) is 5.75 Å². The highest BCUT2D eigenvalue weighted by Crippen LogP contribution is 2.32. The summed E-state index contributed by atoms with van der Waals surface area (Å²) in [5.41, 5.74) is 3.44. The molecule has 25 heavy (non-hydrogen) atoms. The van der Waals surface area contributed by atoms with Crippen LogP contribution in [0.3, 0.4) is 0 Å². The van der Waals surface area contributed by atoms with Gasteiger partial charge in [-0.2, -0.15) is 4.99 Å². The lowest BCUT2D eigenvalue weighted by molar-refractivity contribution is -0.113. The minimum Gasteiger partial charge on any atom is -0.489 e. The molecule has 1 aliphatic heterocycles. The monoisotopic (exact) mass is 369 g/mol. The van der Waals surface area contributed by atoms with E-state index in [1.807, 2.05) is 36.6 Å². The maximum Gasteiger partial charge on any atom is 0.285 e. The number of carbonyl (C=O) groups is 1. The third-order valence-corrected chi connectivity index (χ3v) is 5.76. The molecule has 0 unspecified atom stereocenters. The molecule has 1 amide bonds. The van der Waals surface area contributed by atoms with Gasteiger partial charge in [0, 0.05) is 0 Å². The molecule has 0 fully saturated rings. The molecule has 0 spiro atoms. The lowest BCUT2D eigenvalue weighted by Gasteiger charge is -2.07. The average molecular weight is 370 g/mol. The predicted octanol–water partition coefficient (Wildman–Crippen LogP) is 5.16. The van der Waals surface area contributed by atoms with Gasteiger partial charge in [0.15, 0.2) is 0 Å². The largest absolute Gasteiger partial charge is 0.489 e. The van der Waals surface area contributed by atoms with Crippen LogP contribution in [0.15, 0.2) is 58.4 Å². The number of carbonyl (C=O) groups excluding carboxylic acids is 1. The Balaban J connectivity index is 1.59. The van der Waals surface area contributed by atoms with Crippen molar-refractivity contribution < 1.29 is 9.53 Å². The van der Waals surface area contributed by atoms with E-state index in [0.29, 0.717) is 11.5 Å². The minimum absolute atomic E-state index is 0.162. The normalized spacial score (nSPS) is 15.5. The van der Waals surface area contributed by atoms with Crippen molar-refractivity contribution >= 4 is 39.9 Å². The van der Waals surface area contributed by atoms with Gasteiger partial charge >= 0.3 is 0 Å². The van der Waals surface area contributed by atoms with E-state index in [2.05, 4.69) is 36.2 Å². The van der Waals surface area contributed by atoms with E-state index in [9.17, 15) is 4.79 Å². The van der Waals surface area contributed by atoms with Crippen molar-refractivity contribution in [3.05, 3.63) is 70.1 Å². The molecule has 2 aromatic rings. The summed E-state index contributed by atoms with van der Waals surface area (Å²) < 4.78 is 6.62. The molecule has 0 aromatic heterocycles. The van der Waals surface area contributed by atoms with E-state index in [-0.39, 0.29) is 5.91 Å². The zero-order valence-corrected chi connectivity index (χ0v) is 15.8. The first-order chi connectivity index (χ1) is 12.2. The van der Waals surface area contributed by atoms with Crippen molar-refractivity contribution in [1.29, 1.82) is 0 Å². The summed E-state index contributed by atoms with van der Waals surface area (Å²) in [7, 11) is 0. The van der Waals surface area contributed by atoms with E-state index in [4.69, 9.17) is 4.74 Å². The number of thioether (sulfide) groups is 2. The Hall–Kier alpha value is -1.98. The molecule has 1 aliphatic rings. The lowest BCUT2D eigenvalue weighted by atomic mass is 10.1. The SMILES string of the molecule is CCc1ccc(COc2ccc(/C=C3\SC(SC)=NC3=O)cc2)cc1. The highest BCUT2D eigenvalue weighted by molar-refractivity contribution is 8.40. The molecular formula is C20H19NO2S2. The fourth-order valence-electron chi connectivity index (χ4n) is 2.33. The molecule has 0 bridgehead atoms. The molecule has 5 heteroatoms. The number of amides is 1. The van der Waals surface area contributed by atoms with E-state index >= 15 is 0 Å². The second-order valence-electron chi connectivity index (χ2n) is 5.53. The van der Waals surface area contributed by atoms with Crippen LogP contribution < -0.4 is 4.74 Å². The molecule has 1 heterocycles. The zero-order valence-electron chi connectivity index (χ0n) is 14.2. The van der Waals surface area contributed by atoms with Gasteiger partial charge in [0.25, 0.3) is 5.91 Å². The summed E-state index contributed by atoms with van der Waals surface area (Å²) in [6.45, 7) is 2.69. The number of nitrogens with zero attached hydrogens (tertiary/aromatic N) is 1. The highest BCUT2D eigenvalue weighted by atomic mass is 32.2. The summed E-state index contributed by atoms with van der Waals surface area (Å²) >= 11 is 2.91. The molecule has 3 rings (SSSR count). The molecule has 0 aliphatic carbocycles. The first-order valence-electron chi connectivity index (χ1n) is 8.05. The topological polar surface area (TPSA) is 38.7 Å². The van der Waals surface area contributed by atoms with Crippen LogP contribution in [-0.2, 0) is 17.8 Å². The van der Waals surface area contributed by atoms with Gasteiger partial charge < -0.3 is 4.74 Å².